The van der Waals surface area contributed by atoms with Crippen LogP contribution >= 0.6 is 0 Å². The van der Waals surface area contributed by atoms with E-state index in [1.807, 2.05) is 0 Å². The molecule has 2 nitrogen and oxygen atoms in total. The lowest BCUT2D eigenvalue weighted by atomic mass is 10.0. The smallest absolute Gasteiger partial charge is 0.0107 e. The molecule has 0 aromatic heterocycles. The number of likely N-dealkylation sites (N-methyl/N-ethyl adjacent to an activating group) is 1. The SMILES string of the molecule is CCCCCCNCCN(C)C(C)CC(C)C. The molecule has 0 aromatic rings. The van der Waals surface area contributed by atoms with Gasteiger partial charge in [0.25, 0.3) is 0 Å². The van der Waals surface area contributed by atoms with Gasteiger partial charge in [-0.3, -0.25) is 0 Å². The number of hydrogen-bond donors (Lipinski definition) is 1. The van der Waals surface area contributed by atoms with Gasteiger partial charge in [-0.2, -0.15) is 0 Å². The normalized spacial score (nSPS) is 13.6. The second-order valence-electron chi connectivity index (χ2n) is 5.77. The van der Waals surface area contributed by atoms with Gasteiger partial charge in [0.1, 0.15) is 0 Å². The Hall–Kier alpha value is -0.0800. The molecule has 0 aliphatic rings. The van der Waals surface area contributed by atoms with Crippen molar-refractivity contribution < 1.29 is 0 Å². The Morgan fingerprint density at radius 1 is 1.00 bits per heavy atom. The van der Waals surface area contributed by atoms with Crippen molar-refractivity contribution in [2.45, 2.75) is 65.8 Å². The molecular formula is C15H34N2. The molecule has 0 heterocycles. The highest BCUT2D eigenvalue weighted by atomic mass is 15.1. The number of rotatable bonds is 11. The van der Waals surface area contributed by atoms with Crippen molar-refractivity contribution in [2.24, 2.45) is 5.92 Å². The van der Waals surface area contributed by atoms with Crippen molar-refractivity contribution in [3.05, 3.63) is 0 Å². The summed E-state index contributed by atoms with van der Waals surface area (Å²) in [6.45, 7) is 12.7. The van der Waals surface area contributed by atoms with Gasteiger partial charge in [0, 0.05) is 19.1 Å². The van der Waals surface area contributed by atoms with Crippen LogP contribution in [0.4, 0.5) is 0 Å². The summed E-state index contributed by atoms with van der Waals surface area (Å²) in [6, 6.07) is 0.705. The maximum Gasteiger partial charge on any atom is 0.0107 e. The Labute approximate surface area is 109 Å². The Kier molecular flexibility index (Phi) is 11.0. The molecule has 0 amide bonds. The second-order valence-corrected chi connectivity index (χ2v) is 5.77. The van der Waals surface area contributed by atoms with Crippen molar-refractivity contribution in [3.63, 3.8) is 0 Å². The molecule has 0 bridgehead atoms. The monoisotopic (exact) mass is 242 g/mol. The van der Waals surface area contributed by atoms with Crippen LogP contribution in [0.2, 0.25) is 0 Å². The molecule has 0 saturated carbocycles. The van der Waals surface area contributed by atoms with Gasteiger partial charge in [-0.25, -0.2) is 0 Å². The maximum absolute atomic E-state index is 3.54. The Bertz CT molecular complexity index is 157. The summed E-state index contributed by atoms with van der Waals surface area (Å²) in [5.41, 5.74) is 0. The Morgan fingerprint density at radius 3 is 2.29 bits per heavy atom. The molecule has 1 N–H and O–H groups in total. The number of hydrogen-bond acceptors (Lipinski definition) is 2. The van der Waals surface area contributed by atoms with Gasteiger partial charge in [-0.05, 0) is 39.3 Å². The summed E-state index contributed by atoms with van der Waals surface area (Å²) >= 11 is 0. The summed E-state index contributed by atoms with van der Waals surface area (Å²) in [5.74, 6) is 0.800. The summed E-state index contributed by atoms with van der Waals surface area (Å²) in [5, 5.41) is 3.54. The average Bonchev–Trinajstić information content (AvgIpc) is 2.26. The van der Waals surface area contributed by atoms with Gasteiger partial charge < -0.3 is 10.2 Å². The van der Waals surface area contributed by atoms with Gasteiger partial charge in [0.15, 0.2) is 0 Å². The third-order valence-corrected chi connectivity index (χ3v) is 3.41. The molecule has 1 atom stereocenters. The topological polar surface area (TPSA) is 15.3 Å². The number of unbranched alkanes of at least 4 members (excludes halogenated alkanes) is 3. The van der Waals surface area contributed by atoms with Crippen LogP contribution < -0.4 is 5.32 Å². The number of nitrogens with one attached hydrogen (secondary N) is 1. The predicted molar refractivity (Wildman–Crippen MR) is 78.6 cm³/mol. The fourth-order valence-corrected chi connectivity index (χ4v) is 2.14. The van der Waals surface area contributed by atoms with Crippen LogP contribution in [0.15, 0.2) is 0 Å². The van der Waals surface area contributed by atoms with E-state index in [0.29, 0.717) is 6.04 Å². The van der Waals surface area contributed by atoms with E-state index < -0.39 is 0 Å². The fourth-order valence-electron chi connectivity index (χ4n) is 2.14. The molecule has 2 heteroatoms. The first-order valence-corrected chi connectivity index (χ1v) is 7.48. The third kappa shape index (κ3) is 10.8. The summed E-state index contributed by atoms with van der Waals surface area (Å²) in [4.78, 5) is 2.47. The first kappa shape index (κ1) is 16.9. The van der Waals surface area contributed by atoms with E-state index in [2.05, 4.69) is 45.0 Å². The van der Waals surface area contributed by atoms with Crippen LogP contribution in [0.3, 0.4) is 0 Å². The Morgan fingerprint density at radius 2 is 1.71 bits per heavy atom. The second kappa shape index (κ2) is 11.0. The third-order valence-electron chi connectivity index (χ3n) is 3.41. The highest BCUT2D eigenvalue weighted by molar-refractivity contribution is 4.66. The zero-order chi connectivity index (χ0) is 13.1. The molecule has 0 radical (unpaired) electrons. The minimum atomic E-state index is 0.705. The van der Waals surface area contributed by atoms with Crippen LogP contribution in [0.25, 0.3) is 0 Å². The highest BCUT2D eigenvalue weighted by Gasteiger charge is 2.09. The summed E-state index contributed by atoms with van der Waals surface area (Å²) < 4.78 is 0. The van der Waals surface area contributed by atoms with Crippen molar-refractivity contribution >= 4 is 0 Å². The van der Waals surface area contributed by atoms with Crippen LogP contribution in [-0.4, -0.2) is 37.6 Å². The quantitative estimate of drug-likeness (QED) is 0.558. The minimum absolute atomic E-state index is 0.705. The van der Waals surface area contributed by atoms with Crippen molar-refractivity contribution in [2.75, 3.05) is 26.7 Å². The van der Waals surface area contributed by atoms with E-state index in [-0.39, 0.29) is 0 Å². The molecule has 0 aliphatic carbocycles. The molecule has 17 heavy (non-hydrogen) atoms. The van der Waals surface area contributed by atoms with Gasteiger partial charge in [-0.1, -0.05) is 40.0 Å². The first-order valence-electron chi connectivity index (χ1n) is 7.48. The molecule has 0 rings (SSSR count). The maximum atomic E-state index is 3.54. The van der Waals surface area contributed by atoms with Crippen LogP contribution in [0.5, 0.6) is 0 Å². The highest BCUT2D eigenvalue weighted by Crippen LogP contribution is 2.08. The molecule has 0 aromatic carbocycles. The Balaban J connectivity index is 3.35. The molecule has 1 unspecified atom stereocenters. The van der Waals surface area contributed by atoms with Crippen molar-refractivity contribution in [1.82, 2.24) is 10.2 Å². The van der Waals surface area contributed by atoms with Gasteiger partial charge >= 0.3 is 0 Å². The fraction of sp³-hybridized carbons (Fsp3) is 1.00. The zero-order valence-electron chi connectivity index (χ0n) is 12.8. The molecule has 0 spiro atoms. The lowest BCUT2D eigenvalue weighted by molar-refractivity contribution is 0.228. The van der Waals surface area contributed by atoms with E-state index in [0.717, 1.165) is 12.5 Å². The lowest BCUT2D eigenvalue weighted by Crippen LogP contribution is -2.36. The predicted octanol–water partition coefficient (Wildman–Crippen LogP) is 3.52. The largest absolute Gasteiger partial charge is 0.315 e. The van der Waals surface area contributed by atoms with Gasteiger partial charge in [-0.15, -0.1) is 0 Å². The average molecular weight is 242 g/mol. The van der Waals surface area contributed by atoms with Crippen LogP contribution in [-0.2, 0) is 0 Å². The molecule has 0 aliphatic heterocycles. The minimum Gasteiger partial charge on any atom is -0.315 e. The van der Waals surface area contributed by atoms with Gasteiger partial charge in [0.05, 0.1) is 0 Å². The number of nitrogens with zero attached hydrogens (tertiary/aromatic N) is 1. The summed E-state index contributed by atoms with van der Waals surface area (Å²) in [7, 11) is 2.24. The molecule has 104 valence electrons. The van der Waals surface area contributed by atoms with E-state index in [1.54, 1.807) is 0 Å². The van der Waals surface area contributed by atoms with E-state index in [9.17, 15) is 0 Å². The summed E-state index contributed by atoms with van der Waals surface area (Å²) in [6.07, 6.45) is 6.72. The standard InChI is InChI=1S/C15H34N2/c1-6-7-8-9-10-16-11-12-17(5)15(4)13-14(2)3/h14-16H,6-13H2,1-5H3. The van der Waals surface area contributed by atoms with Crippen LogP contribution in [0, 0.1) is 5.92 Å². The molecule has 0 fully saturated rings. The van der Waals surface area contributed by atoms with Crippen molar-refractivity contribution in [3.8, 4) is 0 Å². The first-order chi connectivity index (χ1) is 8.07. The van der Waals surface area contributed by atoms with Gasteiger partial charge in [0.2, 0.25) is 0 Å². The van der Waals surface area contributed by atoms with Crippen molar-refractivity contribution in [1.29, 1.82) is 0 Å². The molecule has 0 saturated heterocycles. The van der Waals surface area contributed by atoms with E-state index in [1.165, 1.54) is 45.2 Å². The van der Waals surface area contributed by atoms with E-state index in [4.69, 9.17) is 0 Å². The zero-order valence-corrected chi connectivity index (χ0v) is 12.8. The lowest BCUT2D eigenvalue weighted by Gasteiger charge is -2.26. The van der Waals surface area contributed by atoms with E-state index >= 15 is 0 Å². The van der Waals surface area contributed by atoms with Crippen LogP contribution in [0.1, 0.15) is 59.8 Å². The molecular weight excluding hydrogens is 208 g/mol.